The van der Waals surface area contributed by atoms with Crippen molar-refractivity contribution in [2.75, 3.05) is 19.4 Å². The Labute approximate surface area is 170 Å². The van der Waals surface area contributed by atoms with Crippen LogP contribution in [-0.2, 0) is 33.5 Å². The molecular weight excluding hydrogens is 414 g/mol. The van der Waals surface area contributed by atoms with Gasteiger partial charge in [-0.3, -0.25) is 19.2 Å². The predicted molar refractivity (Wildman–Crippen MR) is 100 cm³/mol. The first kappa shape index (κ1) is 28.1. The summed E-state index contributed by atoms with van der Waals surface area (Å²) in [5.41, 5.74) is 5.23. The maximum absolute atomic E-state index is 11.5. The minimum absolute atomic E-state index is 0.0256. The molecule has 14 heteroatoms. The predicted octanol–water partition coefficient (Wildman–Crippen LogP) is -2.41. The highest BCUT2D eigenvalue weighted by atomic mass is 32.1. The van der Waals surface area contributed by atoms with E-state index in [0.29, 0.717) is 6.08 Å². The fraction of sp³-hybridized carbons (Fsp3) is 0.467. The molecule has 0 aromatic carbocycles. The number of rotatable bonds is 11. The monoisotopic (exact) mass is 437 g/mol. The smallest absolute Gasteiger partial charge is 0.330 e. The van der Waals surface area contributed by atoms with Gasteiger partial charge in [0.25, 0.3) is 0 Å². The molecule has 0 radical (unpaired) electrons. The van der Waals surface area contributed by atoms with E-state index in [2.05, 4.69) is 28.0 Å². The van der Waals surface area contributed by atoms with Crippen LogP contribution in [0.3, 0.4) is 0 Å². The lowest BCUT2D eigenvalue weighted by Gasteiger charge is -2.16. The van der Waals surface area contributed by atoms with Gasteiger partial charge in [-0.1, -0.05) is 0 Å². The Balaban J connectivity index is 0. The normalized spacial score (nSPS) is 12.0. The van der Waals surface area contributed by atoms with Crippen molar-refractivity contribution < 1.29 is 48.8 Å². The van der Waals surface area contributed by atoms with Crippen LogP contribution in [0.1, 0.15) is 12.8 Å². The highest BCUT2D eigenvalue weighted by molar-refractivity contribution is 7.80. The van der Waals surface area contributed by atoms with Crippen molar-refractivity contribution in [2.24, 2.45) is 5.73 Å². The molecular formula is C15H23N3O10S. The van der Waals surface area contributed by atoms with Crippen molar-refractivity contribution in [3.63, 3.8) is 0 Å². The van der Waals surface area contributed by atoms with E-state index in [9.17, 15) is 28.8 Å². The van der Waals surface area contributed by atoms with Crippen LogP contribution >= 0.6 is 12.6 Å². The van der Waals surface area contributed by atoms with Gasteiger partial charge in [-0.05, 0) is 6.42 Å². The van der Waals surface area contributed by atoms with E-state index >= 15 is 0 Å². The van der Waals surface area contributed by atoms with Gasteiger partial charge < -0.3 is 36.4 Å². The molecule has 0 spiro atoms. The molecule has 0 aliphatic heterocycles. The summed E-state index contributed by atoms with van der Waals surface area (Å²) in [6.07, 6.45) is 1.31. The Morgan fingerprint density at radius 1 is 1.10 bits per heavy atom. The van der Waals surface area contributed by atoms with Crippen molar-refractivity contribution in [3.05, 3.63) is 12.2 Å². The lowest BCUT2D eigenvalue weighted by molar-refractivity contribution is -0.139. The number of hydrogen-bond acceptors (Lipinski definition) is 9. The van der Waals surface area contributed by atoms with E-state index in [1.165, 1.54) is 7.11 Å². The summed E-state index contributed by atoms with van der Waals surface area (Å²) in [5.74, 6) is -5.54. The van der Waals surface area contributed by atoms with Crippen molar-refractivity contribution in [1.29, 1.82) is 0 Å². The number of thiol groups is 1. The van der Waals surface area contributed by atoms with E-state index < -0.39 is 54.3 Å². The summed E-state index contributed by atoms with van der Waals surface area (Å²) in [7, 11) is 1.18. The molecule has 2 atom stereocenters. The molecule has 0 aromatic rings. The molecule has 0 aromatic heterocycles. The zero-order valence-electron chi connectivity index (χ0n) is 15.4. The fourth-order valence-corrected chi connectivity index (χ4v) is 1.62. The van der Waals surface area contributed by atoms with Crippen LogP contribution in [0.2, 0.25) is 0 Å². The van der Waals surface area contributed by atoms with Gasteiger partial charge in [-0.2, -0.15) is 12.6 Å². The number of aliphatic carboxylic acids is 3. The number of carbonyl (C=O) groups excluding carboxylic acids is 3. The number of hydrogen-bond donors (Lipinski definition) is 7. The van der Waals surface area contributed by atoms with E-state index in [-0.39, 0.29) is 18.6 Å². The molecule has 2 amide bonds. The summed E-state index contributed by atoms with van der Waals surface area (Å²) in [6, 6.07) is -2.15. The summed E-state index contributed by atoms with van der Waals surface area (Å²) < 4.78 is 4.11. The van der Waals surface area contributed by atoms with E-state index in [0.717, 1.165) is 6.08 Å². The van der Waals surface area contributed by atoms with Gasteiger partial charge in [-0.25, -0.2) is 9.59 Å². The largest absolute Gasteiger partial charge is 0.480 e. The van der Waals surface area contributed by atoms with Crippen molar-refractivity contribution in [3.8, 4) is 0 Å². The standard InChI is InChI=1S/C10H17N3O6S.C5H6O4/c11-5(10(18)19)1-2-7(14)13-6(4-20)9(17)12-3-8(15)16;1-9-5(8)3-2-4(6)7/h5-6,20H,1-4,11H2,(H,12,17)(H,13,14)(H,15,16)(H,18,19);2-3H,1H3,(H,6,7)/t5-,6-;/m0./s1. The first-order chi connectivity index (χ1) is 13.4. The third-order valence-corrected chi connectivity index (χ3v) is 3.18. The molecule has 0 rings (SSSR count). The molecule has 7 N–H and O–H groups in total. The number of nitrogens with one attached hydrogen (secondary N) is 2. The number of amides is 2. The van der Waals surface area contributed by atoms with Gasteiger partial charge >= 0.3 is 23.9 Å². The molecule has 164 valence electrons. The Hall–Kier alpha value is -3.13. The number of ether oxygens (including phenoxy) is 1. The summed E-state index contributed by atoms with van der Waals surface area (Å²) in [6.45, 7) is -0.567. The van der Waals surface area contributed by atoms with Crippen LogP contribution in [0.15, 0.2) is 12.2 Å². The Kier molecular flexibility index (Phi) is 15.4. The molecule has 0 aliphatic carbocycles. The molecule has 0 fully saturated rings. The highest BCUT2D eigenvalue weighted by Crippen LogP contribution is 1.97. The Morgan fingerprint density at radius 2 is 1.69 bits per heavy atom. The number of nitrogens with two attached hydrogens (primary N) is 1. The molecule has 0 saturated carbocycles. The van der Waals surface area contributed by atoms with Crippen LogP contribution in [0.25, 0.3) is 0 Å². The molecule has 0 saturated heterocycles. The Morgan fingerprint density at radius 3 is 2.10 bits per heavy atom. The van der Waals surface area contributed by atoms with Crippen LogP contribution in [0.4, 0.5) is 0 Å². The lowest BCUT2D eigenvalue weighted by atomic mass is 10.1. The minimum Gasteiger partial charge on any atom is -0.480 e. The molecule has 0 aliphatic rings. The zero-order chi connectivity index (χ0) is 23.0. The molecule has 13 nitrogen and oxygen atoms in total. The average Bonchev–Trinajstić information content (AvgIpc) is 2.66. The van der Waals surface area contributed by atoms with Crippen molar-refractivity contribution >= 4 is 48.3 Å². The van der Waals surface area contributed by atoms with Gasteiger partial charge in [-0.15, -0.1) is 0 Å². The van der Waals surface area contributed by atoms with Gasteiger partial charge in [0.15, 0.2) is 0 Å². The van der Waals surface area contributed by atoms with Crippen LogP contribution in [0.5, 0.6) is 0 Å². The fourth-order valence-electron chi connectivity index (χ4n) is 1.36. The van der Waals surface area contributed by atoms with Gasteiger partial charge in [0.1, 0.15) is 18.6 Å². The summed E-state index contributed by atoms with van der Waals surface area (Å²) >= 11 is 3.87. The maximum Gasteiger partial charge on any atom is 0.330 e. The van der Waals surface area contributed by atoms with Gasteiger partial charge in [0.05, 0.1) is 7.11 Å². The third kappa shape index (κ3) is 16.7. The van der Waals surface area contributed by atoms with E-state index in [4.69, 9.17) is 21.1 Å². The van der Waals surface area contributed by atoms with Crippen LogP contribution < -0.4 is 16.4 Å². The van der Waals surface area contributed by atoms with E-state index in [1.54, 1.807) is 0 Å². The zero-order valence-corrected chi connectivity index (χ0v) is 16.3. The van der Waals surface area contributed by atoms with Crippen molar-refractivity contribution in [2.45, 2.75) is 24.9 Å². The van der Waals surface area contributed by atoms with E-state index in [1.807, 2.05) is 0 Å². The number of methoxy groups -OCH3 is 1. The van der Waals surface area contributed by atoms with Gasteiger partial charge in [0.2, 0.25) is 11.8 Å². The van der Waals surface area contributed by atoms with Crippen molar-refractivity contribution in [1.82, 2.24) is 10.6 Å². The summed E-state index contributed by atoms with van der Waals surface area (Å²) in [5, 5.41) is 29.3. The second kappa shape index (κ2) is 15.9. The number of carboxylic acids is 3. The number of carbonyl (C=O) groups is 6. The minimum atomic E-state index is -1.22. The summed E-state index contributed by atoms with van der Waals surface area (Å²) in [4.78, 5) is 63.6. The molecule has 0 heterocycles. The Bertz CT molecular complexity index is 638. The first-order valence-electron chi connectivity index (χ1n) is 7.81. The van der Waals surface area contributed by atoms with Crippen LogP contribution in [-0.4, -0.2) is 82.5 Å². The van der Waals surface area contributed by atoms with Crippen LogP contribution in [0, 0.1) is 0 Å². The number of esters is 1. The second-order valence-corrected chi connectivity index (χ2v) is 5.46. The number of carboxylic acid groups (broad SMARTS) is 3. The average molecular weight is 437 g/mol. The molecule has 0 unspecified atom stereocenters. The quantitative estimate of drug-likeness (QED) is 0.102. The lowest BCUT2D eigenvalue weighted by Crippen LogP contribution is -2.49. The SMILES string of the molecule is COC(=O)C=CC(=O)O.N[C@@H](CCC(=O)N[C@@H](CS)C(=O)NCC(=O)O)C(=O)O. The topological polar surface area (TPSA) is 222 Å². The maximum atomic E-state index is 11.5. The third-order valence-electron chi connectivity index (χ3n) is 2.81. The first-order valence-corrected chi connectivity index (χ1v) is 8.44. The van der Waals surface area contributed by atoms with Gasteiger partial charge in [0, 0.05) is 24.3 Å². The highest BCUT2D eigenvalue weighted by Gasteiger charge is 2.20. The molecule has 29 heavy (non-hydrogen) atoms. The second-order valence-electron chi connectivity index (χ2n) is 5.09. The molecule has 0 bridgehead atoms.